The van der Waals surface area contributed by atoms with Crippen LogP contribution in [0.5, 0.6) is 0 Å². The van der Waals surface area contributed by atoms with Crippen molar-refractivity contribution in [3.05, 3.63) is 59.7 Å². The van der Waals surface area contributed by atoms with Crippen molar-refractivity contribution in [2.45, 2.75) is 30.4 Å². The molecular weight excluding hydrogens is 384 g/mol. The van der Waals surface area contributed by atoms with Gasteiger partial charge in [0.15, 0.2) is 0 Å². The lowest BCUT2D eigenvalue weighted by molar-refractivity contribution is 0.0342. The summed E-state index contributed by atoms with van der Waals surface area (Å²) in [6, 6.07) is 15.9. The van der Waals surface area contributed by atoms with E-state index in [1.165, 1.54) is 5.56 Å². The van der Waals surface area contributed by atoms with Crippen molar-refractivity contribution in [2.75, 3.05) is 44.0 Å². The standard InChI is InChI=1S/C23H28N2O3S/c26-23(21-5-1-2-6-22(21)29-17-20-4-3-13-28-20)24-19-9-7-18(8-10-19)16-25-11-14-27-15-12-25/h1-2,5-10,20H,3-4,11-17H2,(H,24,26). The summed E-state index contributed by atoms with van der Waals surface area (Å²) < 4.78 is 11.1. The van der Waals surface area contributed by atoms with Crippen LogP contribution in [0.15, 0.2) is 53.4 Å². The molecule has 0 bridgehead atoms. The summed E-state index contributed by atoms with van der Waals surface area (Å²) in [4.78, 5) is 16.2. The molecule has 0 saturated carbocycles. The number of anilines is 1. The topological polar surface area (TPSA) is 50.8 Å². The maximum absolute atomic E-state index is 12.9. The Morgan fingerprint density at radius 2 is 1.86 bits per heavy atom. The van der Waals surface area contributed by atoms with E-state index in [9.17, 15) is 4.79 Å². The van der Waals surface area contributed by atoms with E-state index in [1.54, 1.807) is 11.8 Å². The molecule has 2 fully saturated rings. The molecule has 2 aliphatic heterocycles. The lowest BCUT2D eigenvalue weighted by Crippen LogP contribution is -2.35. The number of carbonyl (C=O) groups is 1. The van der Waals surface area contributed by atoms with Gasteiger partial charge in [-0.15, -0.1) is 11.8 Å². The molecule has 6 heteroatoms. The Bertz CT molecular complexity index is 800. The van der Waals surface area contributed by atoms with Gasteiger partial charge in [-0.1, -0.05) is 24.3 Å². The lowest BCUT2D eigenvalue weighted by Gasteiger charge is -2.26. The number of amides is 1. The second-order valence-corrected chi connectivity index (χ2v) is 8.54. The normalized spacial score (nSPS) is 19.9. The molecule has 0 aromatic heterocycles. The fourth-order valence-corrected chi connectivity index (χ4v) is 4.77. The van der Waals surface area contributed by atoms with Gasteiger partial charge in [-0.05, 0) is 42.7 Å². The second kappa shape index (κ2) is 10.3. The Morgan fingerprint density at radius 1 is 1.07 bits per heavy atom. The van der Waals surface area contributed by atoms with E-state index < -0.39 is 0 Å². The van der Waals surface area contributed by atoms with Crippen molar-refractivity contribution < 1.29 is 14.3 Å². The zero-order chi connectivity index (χ0) is 19.9. The molecule has 2 aliphatic rings. The average molecular weight is 413 g/mol. The summed E-state index contributed by atoms with van der Waals surface area (Å²) >= 11 is 1.70. The van der Waals surface area contributed by atoms with E-state index >= 15 is 0 Å². The fourth-order valence-electron chi connectivity index (χ4n) is 3.65. The van der Waals surface area contributed by atoms with Crippen molar-refractivity contribution in [2.24, 2.45) is 0 Å². The van der Waals surface area contributed by atoms with Crippen LogP contribution in [-0.2, 0) is 16.0 Å². The third kappa shape index (κ3) is 5.82. The maximum atomic E-state index is 12.9. The zero-order valence-electron chi connectivity index (χ0n) is 16.6. The van der Waals surface area contributed by atoms with Crippen LogP contribution in [0.25, 0.3) is 0 Å². The number of rotatable bonds is 7. The Morgan fingerprint density at radius 3 is 2.62 bits per heavy atom. The van der Waals surface area contributed by atoms with Gasteiger partial charge in [0.2, 0.25) is 0 Å². The molecule has 0 spiro atoms. The van der Waals surface area contributed by atoms with Crippen molar-refractivity contribution in [3.8, 4) is 0 Å². The highest BCUT2D eigenvalue weighted by atomic mass is 32.2. The largest absolute Gasteiger partial charge is 0.379 e. The van der Waals surface area contributed by atoms with Gasteiger partial charge in [0, 0.05) is 42.6 Å². The molecular formula is C23H28N2O3S. The minimum absolute atomic E-state index is 0.0682. The Labute approximate surface area is 176 Å². The summed E-state index contributed by atoms with van der Waals surface area (Å²) in [7, 11) is 0. The van der Waals surface area contributed by atoms with Crippen LogP contribution in [0, 0.1) is 0 Å². The van der Waals surface area contributed by atoms with Crippen LogP contribution in [0.1, 0.15) is 28.8 Å². The smallest absolute Gasteiger partial charge is 0.256 e. The van der Waals surface area contributed by atoms with Crippen LogP contribution < -0.4 is 5.32 Å². The monoisotopic (exact) mass is 412 g/mol. The van der Waals surface area contributed by atoms with Gasteiger partial charge in [0.05, 0.1) is 24.9 Å². The fraction of sp³-hybridized carbons (Fsp3) is 0.435. The van der Waals surface area contributed by atoms with Gasteiger partial charge >= 0.3 is 0 Å². The predicted octanol–water partition coefficient (Wildman–Crippen LogP) is 4.04. The quantitative estimate of drug-likeness (QED) is 0.696. The average Bonchev–Trinajstić information content (AvgIpc) is 3.28. The van der Waals surface area contributed by atoms with Crippen LogP contribution in [0.2, 0.25) is 0 Å². The third-order valence-corrected chi connectivity index (χ3v) is 6.51. The van der Waals surface area contributed by atoms with Gasteiger partial charge in [-0.3, -0.25) is 9.69 Å². The summed E-state index contributed by atoms with van der Waals surface area (Å²) in [5, 5.41) is 3.04. The zero-order valence-corrected chi connectivity index (χ0v) is 17.5. The first-order valence-corrected chi connectivity index (χ1v) is 11.3. The van der Waals surface area contributed by atoms with Gasteiger partial charge in [0.1, 0.15) is 0 Å². The molecule has 5 nitrogen and oxygen atoms in total. The number of hydrogen-bond donors (Lipinski definition) is 1. The molecule has 1 amide bonds. The molecule has 4 rings (SSSR count). The first kappa shape index (κ1) is 20.4. The molecule has 154 valence electrons. The van der Waals surface area contributed by atoms with E-state index in [4.69, 9.17) is 9.47 Å². The van der Waals surface area contributed by atoms with Crippen molar-refractivity contribution in [3.63, 3.8) is 0 Å². The van der Waals surface area contributed by atoms with Gasteiger partial charge < -0.3 is 14.8 Å². The summed E-state index contributed by atoms with van der Waals surface area (Å²) in [5.74, 6) is 0.821. The molecule has 0 radical (unpaired) electrons. The van der Waals surface area contributed by atoms with Crippen molar-refractivity contribution in [1.29, 1.82) is 0 Å². The van der Waals surface area contributed by atoms with Crippen LogP contribution in [-0.4, -0.2) is 55.6 Å². The number of nitrogens with zero attached hydrogens (tertiary/aromatic N) is 1. The highest BCUT2D eigenvalue weighted by molar-refractivity contribution is 7.99. The number of benzene rings is 2. The molecule has 0 aliphatic carbocycles. The predicted molar refractivity (Wildman–Crippen MR) is 117 cm³/mol. The molecule has 1 atom stereocenters. The number of hydrogen-bond acceptors (Lipinski definition) is 5. The summed E-state index contributed by atoms with van der Waals surface area (Å²) in [6.45, 7) is 5.32. The Kier molecular flexibility index (Phi) is 7.22. The number of thioether (sulfide) groups is 1. The van der Waals surface area contributed by atoms with E-state index in [2.05, 4.69) is 22.3 Å². The van der Waals surface area contributed by atoms with Crippen LogP contribution in [0.4, 0.5) is 5.69 Å². The second-order valence-electron chi connectivity index (χ2n) is 7.48. The number of ether oxygens (including phenoxy) is 2. The first-order valence-electron chi connectivity index (χ1n) is 10.3. The van der Waals surface area contributed by atoms with Crippen LogP contribution in [0.3, 0.4) is 0 Å². The first-order chi connectivity index (χ1) is 14.3. The maximum Gasteiger partial charge on any atom is 0.256 e. The SMILES string of the molecule is O=C(Nc1ccc(CN2CCOCC2)cc1)c1ccccc1SCC1CCCO1. The Hall–Kier alpha value is -1.86. The molecule has 2 saturated heterocycles. The molecule has 1 unspecified atom stereocenters. The third-order valence-electron chi connectivity index (χ3n) is 5.30. The van der Waals surface area contributed by atoms with Gasteiger partial charge in [-0.25, -0.2) is 0 Å². The van der Waals surface area contributed by atoms with E-state index in [1.807, 2.05) is 36.4 Å². The van der Waals surface area contributed by atoms with E-state index in [0.29, 0.717) is 11.7 Å². The van der Waals surface area contributed by atoms with Crippen molar-refractivity contribution >= 4 is 23.4 Å². The number of carbonyl (C=O) groups excluding carboxylic acids is 1. The molecule has 2 aromatic rings. The number of nitrogens with one attached hydrogen (secondary N) is 1. The van der Waals surface area contributed by atoms with Gasteiger partial charge in [-0.2, -0.15) is 0 Å². The minimum Gasteiger partial charge on any atom is -0.379 e. The Balaban J connectivity index is 1.35. The van der Waals surface area contributed by atoms with E-state index in [0.717, 1.165) is 68.6 Å². The summed E-state index contributed by atoms with van der Waals surface area (Å²) in [5.41, 5.74) is 2.78. The number of morpholine rings is 1. The molecule has 29 heavy (non-hydrogen) atoms. The van der Waals surface area contributed by atoms with Gasteiger partial charge in [0.25, 0.3) is 5.91 Å². The van der Waals surface area contributed by atoms with Crippen molar-refractivity contribution in [1.82, 2.24) is 4.90 Å². The molecule has 2 heterocycles. The molecule has 1 N–H and O–H groups in total. The summed E-state index contributed by atoms with van der Waals surface area (Å²) in [6.07, 6.45) is 2.54. The molecule has 2 aromatic carbocycles. The van der Waals surface area contributed by atoms with Crippen LogP contribution >= 0.6 is 11.8 Å². The van der Waals surface area contributed by atoms with E-state index in [-0.39, 0.29) is 5.91 Å². The minimum atomic E-state index is -0.0682. The highest BCUT2D eigenvalue weighted by Crippen LogP contribution is 2.27. The lowest BCUT2D eigenvalue weighted by atomic mass is 10.1. The highest BCUT2D eigenvalue weighted by Gasteiger charge is 2.18.